The highest BCUT2D eigenvalue weighted by molar-refractivity contribution is 7.98. The van der Waals surface area contributed by atoms with E-state index in [4.69, 9.17) is 0 Å². The molecule has 21 heavy (non-hydrogen) atoms. The Balaban J connectivity index is 2.33. The zero-order valence-corrected chi connectivity index (χ0v) is 13.5. The van der Waals surface area contributed by atoms with Crippen molar-refractivity contribution in [3.63, 3.8) is 0 Å². The number of hydrogen-bond acceptors (Lipinski definition) is 6. The molecule has 0 saturated heterocycles. The van der Waals surface area contributed by atoms with E-state index in [0.717, 1.165) is 16.9 Å². The van der Waals surface area contributed by atoms with Crippen LogP contribution in [0.2, 0.25) is 0 Å². The average Bonchev–Trinajstić information content (AvgIpc) is 2.81. The number of nitrogens with zero attached hydrogens (tertiary/aromatic N) is 4. The molecule has 0 bridgehead atoms. The quantitative estimate of drug-likeness (QED) is 0.621. The topological polar surface area (TPSA) is 84.7 Å². The number of hydrogen-bond donors (Lipinski definition) is 2. The third kappa shape index (κ3) is 3.84. The fourth-order valence-electron chi connectivity index (χ4n) is 1.91. The monoisotopic (exact) mass is 308 g/mol. The van der Waals surface area contributed by atoms with Crippen molar-refractivity contribution in [2.24, 2.45) is 0 Å². The van der Waals surface area contributed by atoms with Crippen molar-refractivity contribution in [3.8, 4) is 0 Å². The van der Waals surface area contributed by atoms with Gasteiger partial charge in [-0.25, -0.2) is 14.6 Å². The second kappa shape index (κ2) is 6.75. The number of amides is 1. The molecule has 0 atom stereocenters. The first kappa shape index (κ1) is 15.6. The predicted molar refractivity (Wildman–Crippen MR) is 84.5 cm³/mol. The molecule has 2 rings (SSSR count). The Hall–Kier alpha value is -1.83. The van der Waals surface area contributed by atoms with Gasteiger partial charge in [0, 0.05) is 19.5 Å². The van der Waals surface area contributed by atoms with Gasteiger partial charge < -0.3 is 10.6 Å². The van der Waals surface area contributed by atoms with Crippen LogP contribution in [0.1, 0.15) is 20.8 Å². The molecule has 2 aromatic heterocycles. The van der Waals surface area contributed by atoms with Crippen LogP contribution in [0.4, 0.5) is 5.82 Å². The van der Waals surface area contributed by atoms with Gasteiger partial charge in [0.2, 0.25) is 5.91 Å². The fraction of sp³-hybridized carbons (Fsp3) is 0.538. The number of nitrogens with one attached hydrogen (secondary N) is 2. The molecule has 0 radical (unpaired) electrons. The van der Waals surface area contributed by atoms with E-state index in [9.17, 15) is 4.79 Å². The Morgan fingerprint density at radius 1 is 1.43 bits per heavy atom. The van der Waals surface area contributed by atoms with Gasteiger partial charge in [0.25, 0.3) is 0 Å². The van der Waals surface area contributed by atoms with E-state index in [-0.39, 0.29) is 11.9 Å². The van der Waals surface area contributed by atoms with E-state index in [0.29, 0.717) is 18.2 Å². The van der Waals surface area contributed by atoms with Crippen LogP contribution >= 0.6 is 11.8 Å². The van der Waals surface area contributed by atoms with Crippen molar-refractivity contribution in [3.05, 3.63) is 6.20 Å². The molecule has 0 aliphatic heterocycles. The summed E-state index contributed by atoms with van der Waals surface area (Å²) in [6.45, 7) is 6.73. The lowest BCUT2D eigenvalue weighted by molar-refractivity contribution is -0.118. The van der Waals surface area contributed by atoms with Crippen molar-refractivity contribution in [2.75, 3.05) is 18.1 Å². The van der Waals surface area contributed by atoms with E-state index < -0.39 is 0 Å². The summed E-state index contributed by atoms with van der Waals surface area (Å²) >= 11 is 1.49. The Labute approximate surface area is 127 Å². The smallest absolute Gasteiger partial charge is 0.216 e. The van der Waals surface area contributed by atoms with Gasteiger partial charge in [-0.1, -0.05) is 11.8 Å². The molecule has 2 aromatic rings. The van der Waals surface area contributed by atoms with Gasteiger partial charge in [-0.15, -0.1) is 0 Å². The van der Waals surface area contributed by atoms with Crippen LogP contribution in [0.15, 0.2) is 11.4 Å². The molecule has 0 aliphatic carbocycles. The third-order valence-corrected chi connectivity index (χ3v) is 3.33. The van der Waals surface area contributed by atoms with Gasteiger partial charge in [0.1, 0.15) is 5.82 Å². The number of aromatic nitrogens is 4. The minimum atomic E-state index is -0.0481. The summed E-state index contributed by atoms with van der Waals surface area (Å²) in [5, 5.41) is 12.0. The van der Waals surface area contributed by atoms with Gasteiger partial charge in [0.15, 0.2) is 10.8 Å². The molecule has 0 saturated carbocycles. The molecule has 0 aliphatic rings. The highest BCUT2D eigenvalue weighted by Gasteiger charge is 2.13. The van der Waals surface area contributed by atoms with Crippen LogP contribution in [0.3, 0.4) is 0 Å². The van der Waals surface area contributed by atoms with Crippen molar-refractivity contribution >= 4 is 34.5 Å². The molecule has 2 heterocycles. The summed E-state index contributed by atoms with van der Waals surface area (Å²) < 4.78 is 1.79. The molecule has 8 heteroatoms. The van der Waals surface area contributed by atoms with Crippen molar-refractivity contribution in [2.45, 2.75) is 38.5 Å². The van der Waals surface area contributed by atoms with E-state index in [1.807, 2.05) is 6.26 Å². The number of thioether (sulfide) groups is 1. The Bertz CT molecular complexity index is 639. The summed E-state index contributed by atoms with van der Waals surface area (Å²) in [5.74, 6) is 0.748. The summed E-state index contributed by atoms with van der Waals surface area (Å²) in [6, 6.07) is 0.278. The maximum absolute atomic E-state index is 10.9. The Morgan fingerprint density at radius 2 is 2.19 bits per heavy atom. The lowest BCUT2D eigenvalue weighted by Crippen LogP contribution is -2.24. The molecule has 2 N–H and O–H groups in total. The standard InChI is InChI=1S/C13H20N6OS/c1-8(2)16-11-10-7-15-19(6-5-14-9(3)20)12(10)18-13(17-11)21-4/h7-8H,5-6H2,1-4H3,(H,14,20)(H,16,17,18). The summed E-state index contributed by atoms with van der Waals surface area (Å²) in [7, 11) is 0. The van der Waals surface area contributed by atoms with E-state index >= 15 is 0 Å². The van der Waals surface area contributed by atoms with Gasteiger partial charge >= 0.3 is 0 Å². The molecule has 0 unspecified atom stereocenters. The molecule has 114 valence electrons. The number of anilines is 1. The molecular formula is C13H20N6OS. The van der Waals surface area contributed by atoms with E-state index in [1.54, 1.807) is 10.9 Å². The maximum atomic E-state index is 10.9. The minimum absolute atomic E-state index is 0.0481. The molecule has 0 spiro atoms. The van der Waals surface area contributed by atoms with Crippen LogP contribution in [-0.2, 0) is 11.3 Å². The first-order valence-electron chi connectivity index (χ1n) is 6.79. The van der Waals surface area contributed by atoms with Crippen LogP contribution in [0, 0.1) is 0 Å². The lowest BCUT2D eigenvalue weighted by atomic mass is 10.3. The van der Waals surface area contributed by atoms with Crippen molar-refractivity contribution < 1.29 is 4.79 Å². The number of rotatable bonds is 6. The van der Waals surface area contributed by atoms with Crippen LogP contribution < -0.4 is 10.6 Å². The first-order valence-corrected chi connectivity index (χ1v) is 8.02. The van der Waals surface area contributed by atoms with Gasteiger partial charge in [-0.3, -0.25) is 4.79 Å². The predicted octanol–water partition coefficient (Wildman–Crippen LogP) is 1.50. The second-order valence-electron chi connectivity index (χ2n) is 4.95. The lowest BCUT2D eigenvalue weighted by Gasteiger charge is -2.11. The van der Waals surface area contributed by atoms with Crippen molar-refractivity contribution in [1.29, 1.82) is 0 Å². The fourth-order valence-corrected chi connectivity index (χ4v) is 2.27. The zero-order chi connectivity index (χ0) is 15.4. The zero-order valence-electron chi connectivity index (χ0n) is 12.7. The molecule has 7 nitrogen and oxygen atoms in total. The van der Waals surface area contributed by atoms with Gasteiger partial charge in [-0.05, 0) is 20.1 Å². The van der Waals surface area contributed by atoms with Gasteiger partial charge in [0.05, 0.1) is 18.1 Å². The maximum Gasteiger partial charge on any atom is 0.216 e. The average molecular weight is 308 g/mol. The van der Waals surface area contributed by atoms with Crippen molar-refractivity contribution in [1.82, 2.24) is 25.1 Å². The number of carbonyl (C=O) groups is 1. The highest BCUT2D eigenvalue weighted by atomic mass is 32.2. The molecule has 0 fully saturated rings. The third-order valence-electron chi connectivity index (χ3n) is 2.78. The first-order chi connectivity index (χ1) is 10.0. The molecule has 1 amide bonds. The summed E-state index contributed by atoms with van der Waals surface area (Å²) in [5.41, 5.74) is 0.780. The Kier molecular flexibility index (Phi) is 5.00. The number of carbonyl (C=O) groups excluding carboxylic acids is 1. The van der Waals surface area contributed by atoms with E-state index in [1.165, 1.54) is 18.7 Å². The van der Waals surface area contributed by atoms with Gasteiger partial charge in [-0.2, -0.15) is 5.10 Å². The normalized spacial score (nSPS) is 11.1. The van der Waals surface area contributed by atoms with Crippen LogP contribution in [-0.4, -0.2) is 44.5 Å². The van der Waals surface area contributed by atoms with Crippen LogP contribution in [0.5, 0.6) is 0 Å². The van der Waals surface area contributed by atoms with Crippen LogP contribution in [0.25, 0.3) is 11.0 Å². The second-order valence-corrected chi connectivity index (χ2v) is 5.72. The largest absolute Gasteiger partial charge is 0.367 e. The Morgan fingerprint density at radius 3 is 2.81 bits per heavy atom. The SMILES string of the molecule is CSc1nc(NC(C)C)c2cnn(CCNC(C)=O)c2n1. The molecular weight excluding hydrogens is 288 g/mol. The number of fused-ring (bicyclic) bond motifs is 1. The highest BCUT2D eigenvalue weighted by Crippen LogP contribution is 2.23. The molecule has 0 aromatic carbocycles. The summed E-state index contributed by atoms with van der Waals surface area (Å²) in [4.78, 5) is 19.9. The summed E-state index contributed by atoms with van der Waals surface area (Å²) in [6.07, 6.45) is 3.70. The minimum Gasteiger partial charge on any atom is -0.367 e. The van der Waals surface area contributed by atoms with E-state index in [2.05, 4.69) is 39.5 Å².